The SMILES string of the molecule is Cc1cc(-c2cccc(OC(C)C)c2)nc(Cl)n1. The van der Waals surface area contributed by atoms with E-state index in [-0.39, 0.29) is 11.4 Å². The highest BCUT2D eigenvalue weighted by atomic mass is 35.5. The number of benzene rings is 1. The Morgan fingerprint density at radius 3 is 2.61 bits per heavy atom. The summed E-state index contributed by atoms with van der Waals surface area (Å²) in [6.07, 6.45) is 0.149. The van der Waals surface area contributed by atoms with E-state index in [1.807, 2.05) is 51.1 Å². The molecule has 3 nitrogen and oxygen atoms in total. The zero-order chi connectivity index (χ0) is 13.1. The second-order valence-electron chi connectivity index (χ2n) is 4.36. The van der Waals surface area contributed by atoms with E-state index in [9.17, 15) is 0 Å². The molecule has 18 heavy (non-hydrogen) atoms. The fourth-order valence-electron chi connectivity index (χ4n) is 1.68. The molecule has 0 saturated carbocycles. The van der Waals surface area contributed by atoms with E-state index < -0.39 is 0 Å². The summed E-state index contributed by atoms with van der Waals surface area (Å²) in [7, 11) is 0. The van der Waals surface area contributed by atoms with Gasteiger partial charge in [-0.15, -0.1) is 0 Å². The lowest BCUT2D eigenvalue weighted by Crippen LogP contribution is -2.05. The molecule has 2 rings (SSSR count). The van der Waals surface area contributed by atoms with Crippen LogP contribution >= 0.6 is 11.6 Å². The molecule has 1 aromatic heterocycles. The number of rotatable bonds is 3. The van der Waals surface area contributed by atoms with Crippen LogP contribution in [0.1, 0.15) is 19.5 Å². The molecule has 0 aliphatic heterocycles. The van der Waals surface area contributed by atoms with Crippen molar-refractivity contribution in [3.8, 4) is 17.0 Å². The molecule has 0 spiro atoms. The number of aromatic nitrogens is 2. The average Bonchev–Trinajstić information content (AvgIpc) is 2.27. The molecule has 2 aromatic rings. The minimum Gasteiger partial charge on any atom is -0.491 e. The maximum absolute atomic E-state index is 5.87. The van der Waals surface area contributed by atoms with Crippen molar-refractivity contribution in [3.63, 3.8) is 0 Å². The molecule has 0 aliphatic rings. The minimum atomic E-state index is 0.149. The summed E-state index contributed by atoms with van der Waals surface area (Å²) in [6.45, 7) is 5.89. The van der Waals surface area contributed by atoms with Gasteiger partial charge in [-0.1, -0.05) is 12.1 Å². The van der Waals surface area contributed by atoms with Gasteiger partial charge in [-0.3, -0.25) is 0 Å². The molecule has 94 valence electrons. The molecule has 0 N–H and O–H groups in total. The van der Waals surface area contributed by atoms with Gasteiger partial charge < -0.3 is 4.74 Å². The topological polar surface area (TPSA) is 35.0 Å². The van der Waals surface area contributed by atoms with Gasteiger partial charge in [-0.05, 0) is 50.6 Å². The van der Waals surface area contributed by atoms with E-state index in [4.69, 9.17) is 16.3 Å². The van der Waals surface area contributed by atoms with E-state index >= 15 is 0 Å². The summed E-state index contributed by atoms with van der Waals surface area (Å²) >= 11 is 5.87. The largest absolute Gasteiger partial charge is 0.491 e. The second-order valence-corrected chi connectivity index (χ2v) is 4.70. The molecule has 0 radical (unpaired) electrons. The molecule has 1 aromatic carbocycles. The van der Waals surface area contributed by atoms with Crippen molar-refractivity contribution in [2.75, 3.05) is 0 Å². The van der Waals surface area contributed by atoms with E-state index in [0.717, 1.165) is 22.7 Å². The quantitative estimate of drug-likeness (QED) is 0.787. The molecular weight excluding hydrogens is 248 g/mol. The summed E-state index contributed by atoms with van der Waals surface area (Å²) in [5, 5.41) is 0.264. The van der Waals surface area contributed by atoms with Crippen LogP contribution in [0, 0.1) is 6.92 Å². The summed E-state index contributed by atoms with van der Waals surface area (Å²) in [4.78, 5) is 8.28. The maximum atomic E-state index is 5.87. The molecule has 0 unspecified atom stereocenters. The molecule has 0 atom stereocenters. The summed E-state index contributed by atoms with van der Waals surface area (Å²) in [5.74, 6) is 0.829. The van der Waals surface area contributed by atoms with Crippen molar-refractivity contribution in [1.29, 1.82) is 0 Å². The highest BCUT2D eigenvalue weighted by Gasteiger charge is 2.05. The first kappa shape index (κ1) is 12.8. The van der Waals surface area contributed by atoms with Gasteiger partial charge >= 0.3 is 0 Å². The van der Waals surface area contributed by atoms with Gasteiger partial charge in [0.15, 0.2) is 0 Å². The van der Waals surface area contributed by atoms with Crippen molar-refractivity contribution in [2.45, 2.75) is 26.9 Å². The lowest BCUT2D eigenvalue weighted by atomic mass is 10.1. The van der Waals surface area contributed by atoms with Gasteiger partial charge in [0.05, 0.1) is 11.8 Å². The normalized spacial score (nSPS) is 10.7. The van der Waals surface area contributed by atoms with Crippen LogP contribution in [0.25, 0.3) is 11.3 Å². The zero-order valence-electron chi connectivity index (χ0n) is 10.6. The highest BCUT2D eigenvalue weighted by molar-refractivity contribution is 6.28. The van der Waals surface area contributed by atoms with Gasteiger partial charge in [-0.25, -0.2) is 9.97 Å². The lowest BCUT2D eigenvalue weighted by Gasteiger charge is -2.11. The minimum absolute atomic E-state index is 0.149. The van der Waals surface area contributed by atoms with Gasteiger partial charge in [-0.2, -0.15) is 0 Å². The molecular formula is C14H15ClN2O. The monoisotopic (exact) mass is 262 g/mol. The number of nitrogens with zero attached hydrogens (tertiary/aromatic N) is 2. The molecule has 4 heteroatoms. The van der Waals surface area contributed by atoms with E-state index in [0.29, 0.717) is 0 Å². The van der Waals surface area contributed by atoms with Crippen LogP contribution < -0.4 is 4.74 Å². The van der Waals surface area contributed by atoms with Crippen molar-refractivity contribution in [1.82, 2.24) is 9.97 Å². The van der Waals surface area contributed by atoms with Crippen LogP contribution in [0.2, 0.25) is 5.28 Å². The van der Waals surface area contributed by atoms with E-state index in [2.05, 4.69) is 9.97 Å². The van der Waals surface area contributed by atoms with Gasteiger partial charge in [0, 0.05) is 11.3 Å². The first-order valence-electron chi connectivity index (χ1n) is 5.83. The van der Waals surface area contributed by atoms with Crippen LogP contribution in [0.4, 0.5) is 0 Å². The van der Waals surface area contributed by atoms with Crippen LogP contribution in [0.3, 0.4) is 0 Å². The Morgan fingerprint density at radius 1 is 1.17 bits per heavy atom. The zero-order valence-corrected chi connectivity index (χ0v) is 11.4. The van der Waals surface area contributed by atoms with Crippen molar-refractivity contribution < 1.29 is 4.74 Å². The number of halogens is 1. The predicted molar refractivity (Wildman–Crippen MR) is 73.0 cm³/mol. The first-order chi connectivity index (χ1) is 8.54. The molecule has 0 aliphatic carbocycles. The fraction of sp³-hybridized carbons (Fsp3) is 0.286. The van der Waals surface area contributed by atoms with Crippen LogP contribution in [-0.4, -0.2) is 16.1 Å². The Bertz CT molecular complexity index is 535. The van der Waals surface area contributed by atoms with E-state index in [1.165, 1.54) is 0 Å². The Labute approximate surface area is 112 Å². The third-order valence-corrected chi connectivity index (χ3v) is 2.50. The number of ether oxygens (including phenoxy) is 1. The summed E-state index contributed by atoms with van der Waals surface area (Å²) < 4.78 is 5.66. The highest BCUT2D eigenvalue weighted by Crippen LogP contribution is 2.24. The Morgan fingerprint density at radius 2 is 1.94 bits per heavy atom. The predicted octanol–water partition coefficient (Wildman–Crippen LogP) is 3.89. The average molecular weight is 263 g/mol. The lowest BCUT2D eigenvalue weighted by molar-refractivity contribution is 0.242. The van der Waals surface area contributed by atoms with Crippen LogP contribution in [-0.2, 0) is 0 Å². The van der Waals surface area contributed by atoms with Crippen molar-refractivity contribution in [2.24, 2.45) is 0 Å². The van der Waals surface area contributed by atoms with Crippen molar-refractivity contribution in [3.05, 3.63) is 41.3 Å². The smallest absolute Gasteiger partial charge is 0.223 e. The standard InChI is InChI=1S/C14H15ClN2O/c1-9(2)18-12-6-4-5-11(8-12)13-7-10(3)16-14(15)17-13/h4-9H,1-3H3. The van der Waals surface area contributed by atoms with Crippen molar-refractivity contribution >= 4 is 11.6 Å². The Kier molecular flexibility index (Phi) is 3.82. The summed E-state index contributed by atoms with van der Waals surface area (Å²) in [5.41, 5.74) is 2.63. The fourth-order valence-corrected chi connectivity index (χ4v) is 1.91. The first-order valence-corrected chi connectivity index (χ1v) is 6.20. The molecule has 0 bridgehead atoms. The molecule has 0 saturated heterocycles. The van der Waals surface area contributed by atoms with E-state index in [1.54, 1.807) is 0 Å². The van der Waals surface area contributed by atoms with Gasteiger partial charge in [0.25, 0.3) is 0 Å². The van der Waals surface area contributed by atoms with Gasteiger partial charge in [0.2, 0.25) is 5.28 Å². The Hall–Kier alpha value is -1.61. The molecule has 1 heterocycles. The second kappa shape index (κ2) is 5.36. The Balaban J connectivity index is 2.38. The maximum Gasteiger partial charge on any atom is 0.223 e. The molecule has 0 fully saturated rings. The van der Waals surface area contributed by atoms with Gasteiger partial charge in [0.1, 0.15) is 5.75 Å². The third kappa shape index (κ3) is 3.20. The number of hydrogen-bond donors (Lipinski definition) is 0. The van der Waals surface area contributed by atoms with Crippen LogP contribution in [0.15, 0.2) is 30.3 Å². The molecule has 0 amide bonds. The number of aryl methyl sites for hydroxylation is 1. The third-order valence-electron chi connectivity index (χ3n) is 2.33. The summed E-state index contributed by atoms with van der Waals surface area (Å²) in [6, 6.07) is 9.71. The van der Waals surface area contributed by atoms with Crippen LogP contribution in [0.5, 0.6) is 5.75 Å². The number of hydrogen-bond acceptors (Lipinski definition) is 3.